The molecule has 0 radical (unpaired) electrons. The van der Waals surface area contributed by atoms with Gasteiger partial charge in [0.15, 0.2) is 23.2 Å². The summed E-state index contributed by atoms with van der Waals surface area (Å²) in [6.07, 6.45) is 5.23. The monoisotopic (exact) mass is 524 g/mol. The van der Waals surface area contributed by atoms with Crippen molar-refractivity contribution in [1.29, 1.82) is 0 Å². The van der Waals surface area contributed by atoms with Crippen LogP contribution in [-0.2, 0) is 11.2 Å². The van der Waals surface area contributed by atoms with Crippen LogP contribution in [0.15, 0.2) is 36.8 Å². The molecule has 0 N–H and O–H groups in total. The zero-order valence-corrected chi connectivity index (χ0v) is 21.8. The highest BCUT2D eigenvalue weighted by atomic mass is 19.2. The van der Waals surface area contributed by atoms with Gasteiger partial charge in [-0.25, -0.2) is 29.1 Å². The van der Waals surface area contributed by atoms with E-state index in [1.54, 1.807) is 50.3 Å². The quantitative estimate of drug-likeness (QED) is 0.479. The smallest absolute Gasteiger partial charge is 0.410 e. The Morgan fingerprint density at radius 3 is 2.55 bits per heavy atom. The molecule has 38 heavy (non-hydrogen) atoms. The molecule has 1 atom stereocenters. The number of fused-ring (bicyclic) bond motifs is 1. The Labute approximate surface area is 219 Å². The zero-order valence-electron chi connectivity index (χ0n) is 21.8. The van der Waals surface area contributed by atoms with E-state index in [-0.39, 0.29) is 30.4 Å². The summed E-state index contributed by atoms with van der Waals surface area (Å²) in [4.78, 5) is 33.2. The lowest BCUT2D eigenvalue weighted by Gasteiger charge is -2.39. The number of rotatable bonds is 5. The van der Waals surface area contributed by atoms with E-state index >= 15 is 0 Å². The van der Waals surface area contributed by atoms with Gasteiger partial charge < -0.3 is 19.3 Å². The Morgan fingerprint density at radius 2 is 1.84 bits per heavy atom. The van der Waals surface area contributed by atoms with Crippen LogP contribution in [0.3, 0.4) is 0 Å². The van der Waals surface area contributed by atoms with Crippen LogP contribution in [0.4, 0.5) is 19.3 Å². The number of amides is 1. The minimum absolute atomic E-state index is 0.00867. The maximum atomic E-state index is 14.6. The van der Waals surface area contributed by atoms with E-state index in [0.717, 1.165) is 11.3 Å². The number of anilines is 1. The highest BCUT2D eigenvalue weighted by molar-refractivity contribution is 5.69. The molecule has 3 aromatic rings. The Bertz CT molecular complexity index is 1330. The van der Waals surface area contributed by atoms with Crippen LogP contribution in [0.1, 0.15) is 45.0 Å². The second-order valence-electron chi connectivity index (χ2n) is 10.6. The van der Waals surface area contributed by atoms with Gasteiger partial charge in [0.05, 0.1) is 18.3 Å². The van der Waals surface area contributed by atoms with E-state index in [2.05, 4.69) is 19.9 Å². The van der Waals surface area contributed by atoms with Crippen molar-refractivity contribution in [2.24, 2.45) is 5.92 Å². The molecule has 1 unspecified atom stereocenters. The molecule has 200 valence electrons. The molecule has 1 saturated heterocycles. The second kappa shape index (κ2) is 10.1. The molecule has 2 aliphatic heterocycles. The van der Waals surface area contributed by atoms with Gasteiger partial charge in [-0.1, -0.05) is 0 Å². The molecule has 1 aromatic carbocycles. The van der Waals surface area contributed by atoms with Crippen molar-refractivity contribution in [3.8, 4) is 17.4 Å². The Kier molecular flexibility index (Phi) is 6.85. The Morgan fingerprint density at radius 1 is 1.11 bits per heavy atom. The number of ether oxygens (including phenoxy) is 2. The van der Waals surface area contributed by atoms with Crippen molar-refractivity contribution in [3.63, 3.8) is 0 Å². The average molecular weight is 525 g/mol. The van der Waals surface area contributed by atoms with Gasteiger partial charge in [-0.2, -0.15) is 4.39 Å². The predicted molar refractivity (Wildman–Crippen MR) is 136 cm³/mol. The standard InChI is InChI=1S/C27H30F2N6O3/c1-16-19-12-32-25(24-30-7-5-8-31-24)33-21(19)6-9-35(16)18-10-20(28)23(29)22(11-18)37-15-17-13-34(14-17)26(36)38-27(2,3)4/h5,7-8,10-12,16-17H,6,9,13-15H2,1-4H3. The van der Waals surface area contributed by atoms with Crippen LogP contribution in [0.5, 0.6) is 5.75 Å². The predicted octanol–water partition coefficient (Wildman–Crippen LogP) is 4.58. The number of hydrogen-bond acceptors (Lipinski definition) is 8. The van der Waals surface area contributed by atoms with Crippen LogP contribution >= 0.6 is 0 Å². The molecule has 9 nitrogen and oxygen atoms in total. The molecule has 1 amide bonds. The first-order chi connectivity index (χ1) is 18.1. The van der Waals surface area contributed by atoms with Crippen LogP contribution in [0.25, 0.3) is 11.6 Å². The molecular formula is C27H30F2N6O3. The van der Waals surface area contributed by atoms with Gasteiger partial charge in [0.2, 0.25) is 5.82 Å². The summed E-state index contributed by atoms with van der Waals surface area (Å²) in [6, 6.07) is 4.27. The SMILES string of the molecule is CC1c2cnc(-c3ncccn3)nc2CCN1c1cc(F)c(F)c(OCC2CN(C(=O)OC(C)(C)C)C2)c1. The molecule has 5 rings (SSSR count). The maximum Gasteiger partial charge on any atom is 0.410 e. The lowest BCUT2D eigenvalue weighted by molar-refractivity contribution is -0.00807. The topological polar surface area (TPSA) is 93.6 Å². The first-order valence-electron chi connectivity index (χ1n) is 12.6. The molecule has 2 aliphatic rings. The first kappa shape index (κ1) is 25.7. The largest absolute Gasteiger partial charge is 0.490 e. The van der Waals surface area contributed by atoms with Crippen LogP contribution in [-0.4, -0.2) is 62.8 Å². The molecule has 0 spiro atoms. The Hall–Kier alpha value is -3.89. The second-order valence-corrected chi connectivity index (χ2v) is 10.6. The summed E-state index contributed by atoms with van der Waals surface area (Å²) in [7, 11) is 0. The van der Waals surface area contributed by atoms with E-state index in [4.69, 9.17) is 9.47 Å². The summed E-state index contributed by atoms with van der Waals surface area (Å²) in [5.74, 6) is -1.25. The van der Waals surface area contributed by atoms with Crippen LogP contribution in [0.2, 0.25) is 0 Å². The fourth-order valence-corrected chi connectivity index (χ4v) is 4.62. The first-order valence-corrected chi connectivity index (χ1v) is 12.6. The van der Waals surface area contributed by atoms with Gasteiger partial charge in [0.1, 0.15) is 5.60 Å². The fraction of sp³-hybridized carbons (Fsp3) is 0.444. The third kappa shape index (κ3) is 5.36. The average Bonchev–Trinajstić information content (AvgIpc) is 2.85. The van der Waals surface area contributed by atoms with Crippen molar-refractivity contribution in [2.75, 3.05) is 31.1 Å². The zero-order chi connectivity index (χ0) is 27.0. The van der Waals surface area contributed by atoms with Crippen LogP contribution < -0.4 is 9.64 Å². The molecule has 2 aromatic heterocycles. The summed E-state index contributed by atoms with van der Waals surface area (Å²) in [6.45, 7) is 8.99. The number of nitrogens with zero attached hydrogens (tertiary/aromatic N) is 6. The van der Waals surface area contributed by atoms with E-state index in [1.165, 1.54) is 12.1 Å². The number of benzene rings is 1. The summed E-state index contributed by atoms with van der Waals surface area (Å²) in [5, 5.41) is 0. The lowest BCUT2D eigenvalue weighted by Crippen LogP contribution is -2.53. The van der Waals surface area contributed by atoms with E-state index in [1.807, 2.05) is 11.8 Å². The number of carbonyl (C=O) groups excluding carboxylic acids is 1. The van der Waals surface area contributed by atoms with E-state index < -0.39 is 17.2 Å². The fourth-order valence-electron chi connectivity index (χ4n) is 4.62. The van der Waals surface area contributed by atoms with E-state index in [0.29, 0.717) is 43.4 Å². The summed E-state index contributed by atoms with van der Waals surface area (Å²) < 4.78 is 40.3. The molecule has 0 bridgehead atoms. The van der Waals surface area contributed by atoms with Gasteiger partial charge in [-0.3, -0.25) is 0 Å². The number of aromatic nitrogens is 4. The minimum atomic E-state index is -1.03. The third-order valence-electron chi connectivity index (χ3n) is 6.57. The van der Waals surface area contributed by atoms with Crippen molar-refractivity contribution in [1.82, 2.24) is 24.8 Å². The number of halogens is 2. The van der Waals surface area contributed by atoms with Gasteiger partial charge in [0.25, 0.3) is 0 Å². The van der Waals surface area contributed by atoms with Gasteiger partial charge in [-0.15, -0.1) is 0 Å². The van der Waals surface area contributed by atoms with Crippen LogP contribution in [0, 0.1) is 17.6 Å². The molecule has 4 heterocycles. The lowest BCUT2D eigenvalue weighted by atomic mass is 9.98. The van der Waals surface area contributed by atoms with Gasteiger partial charge in [0, 0.05) is 73.9 Å². The number of carbonyl (C=O) groups is 1. The molecule has 0 aliphatic carbocycles. The van der Waals surface area contributed by atoms with Crippen molar-refractivity contribution >= 4 is 11.8 Å². The molecular weight excluding hydrogens is 494 g/mol. The normalized spacial score (nSPS) is 17.6. The molecule has 11 heteroatoms. The van der Waals surface area contributed by atoms with Gasteiger partial charge >= 0.3 is 6.09 Å². The third-order valence-corrected chi connectivity index (χ3v) is 6.57. The molecule has 1 fully saturated rings. The Balaban J connectivity index is 1.26. The highest BCUT2D eigenvalue weighted by Crippen LogP contribution is 2.36. The minimum Gasteiger partial charge on any atom is -0.490 e. The highest BCUT2D eigenvalue weighted by Gasteiger charge is 2.34. The van der Waals surface area contributed by atoms with Gasteiger partial charge in [-0.05, 0) is 33.8 Å². The van der Waals surface area contributed by atoms with Crippen molar-refractivity contribution in [3.05, 3.63) is 59.7 Å². The summed E-state index contributed by atoms with van der Waals surface area (Å²) in [5.41, 5.74) is 1.72. The van der Waals surface area contributed by atoms with Crippen molar-refractivity contribution < 1.29 is 23.0 Å². The maximum absolute atomic E-state index is 14.6. The molecule has 0 saturated carbocycles. The number of likely N-dealkylation sites (tertiary alicyclic amines) is 1. The summed E-state index contributed by atoms with van der Waals surface area (Å²) >= 11 is 0. The number of hydrogen-bond donors (Lipinski definition) is 0. The van der Waals surface area contributed by atoms with E-state index in [9.17, 15) is 13.6 Å². The van der Waals surface area contributed by atoms with Crippen molar-refractivity contribution in [2.45, 2.75) is 45.8 Å².